The third-order valence-corrected chi connectivity index (χ3v) is 10.2. The lowest BCUT2D eigenvalue weighted by Gasteiger charge is -2.38. The summed E-state index contributed by atoms with van der Waals surface area (Å²) in [4.78, 5) is 40.8. The van der Waals surface area contributed by atoms with Crippen LogP contribution in [0.3, 0.4) is 0 Å². The zero-order chi connectivity index (χ0) is 30.4. The summed E-state index contributed by atoms with van der Waals surface area (Å²) in [7, 11) is -3.91. The van der Waals surface area contributed by atoms with Crippen LogP contribution in [0.2, 0.25) is 0 Å². The number of aromatic nitrogens is 3. The maximum absolute atomic E-state index is 13.7. The highest BCUT2D eigenvalue weighted by Crippen LogP contribution is 2.30. The van der Waals surface area contributed by atoms with E-state index in [-0.39, 0.29) is 28.1 Å². The fourth-order valence-corrected chi connectivity index (χ4v) is 7.35. The molecule has 0 unspecified atom stereocenters. The SMILES string of the molecule is Nc1nc(N)c(C(=O)/N=C2\NCC3(CCN(C(=O)c4cn(S(=O)(=O)c5ccccc5)c5ccccc45)CC3)N2)nc1CI. The number of nitrogens with zero attached hydrogens (tertiary/aromatic N) is 5. The van der Waals surface area contributed by atoms with Crippen LogP contribution in [-0.4, -0.2) is 70.2 Å². The van der Waals surface area contributed by atoms with Crippen LogP contribution in [0, 0.1) is 0 Å². The molecule has 0 bridgehead atoms. The molecule has 0 radical (unpaired) electrons. The highest BCUT2D eigenvalue weighted by atomic mass is 127. The van der Waals surface area contributed by atoms with E-state index in [4.69, 9.17) is 11.5 Å². The number of piperidine rings is 1. The van der Waals surface area contributed by atoms with E-state index in [1.54, 1.807) is 47.4 Å². The van der Waals surface area contributed by atoms with E-state index in [0.717, 1.165) is 0 Å². The van der Waals surface area contributed by atoms with E-state index in [9.17, 15) is 18.0 Å². The van der Waals surface area contributed by atoms with Gasteiger partial charge in [0.1, 0.15) is 5.82 Å². The standard InChI is InChI=1S/C28H28IN9O4S/c29-14-20-23(30)34-24(31)22(33-20)25(39)35-27-32-16-28(36-27)10-12-37(13-11-28)26(40)19-15-38(21-9-5-4-8-18(19)21)43(41,42)17-6-2-1-3-7-17/h1-9,15H,10-14,16H2,(H4,30,31,34)(H2,32,35,36,39). The molecule has 2 fully saturated rings. The Morgan fingerprint density at radius 1 is 1.00 bits per heavy atom. The molecule has 2 aliphatic heterocycles. The molecule has 2 aliphatic rings. The summed E-state index contributed by atoms with van der Waals surface area (Å²) in [6.07, 6.45) is 2.59. The Hall–Kier alpha value is -4.25. The maximum atomic E-state index is 13.7. The summed E-state index contributed by atoms with van der Waals surface area (Å²) < 4.78 is 28.6. The quantitative estimate of drug-likeness (QED) is 0.176. The van der Waals surface area contributed by atoms with Crippen molar-refractivity contribution < 1.29 is 18.0 Å². The van der Waals surface area contributed by atoms with E-state index in [1.807, 2.05) is 0 Å². The van der Waals surface area contributed by atoms with Gasteiger partial charge in [0.2, 0.25) is 0 Å². The van der Waals surface area contributed by atoms with E-state index < -0.39 is 21.5 Å². The molecule has 4 aromatic rings. The number of nitrogen functional groups attached to an aromatic ring is 2. The first-order valence-electron chi connectivity index (χ1n) is 13.4. The second-order valence-corrected chi connectivity index (χ2v) is 13.0. The first-order chi connectivity index (χ1) is 20.6. The number of guanidine groups is 1. The molecule has 4 heterocycles. The Kier molecular flexibility index (Phi) is 7.45. The van der Waals surface area contributed by atoms with Gasteiger partial charge in [0, 0.05) is 35.6 Å². The Balaban J connectivity index is 1.18. The second-order valence-electron chi connectivity index (χ2n) is 10.4. The second kappa shape index (κ2) is 11.1. The first kappa shape index (κ1) is 28.9. The predicted octanol–water partition coefficient (Wildman–Crippen LogP) is 2.13. The molecule has 2 amide bonds. The number of anilines is 2. The van der Waals surface area contributed by atoms with Crippen LogP contribution in [0.4, 0.5) is 11.6 Å². The predicted molar refractivity (Wildman–Crippen MR) is 170 cm³/mol. The van der Waals surface area contributed by atoms with Gasteiger partial charge in [0.25, 0.3) is 15.9 Å². The van der Waals surface area contributed by atoms with Crippen LogP contribution in [-0.2, 0) is 14.5 Å². The number of nitrogens with one attached hydrogen (secondary N) is 2. The zero-order valence-electron chi connectivity index (χ0n) is 22.8. The third-order valence-electron chi connectivity index (χ3n) is 7.76. The molecule has 1 spiro atoms. The Labute approximate surface area is 261 Å². The molecule has 0 saturated carbocycles. The van der Waals surface area contributed by atoms with E-state index in [2.05, 4.69) is 48.2 Å². The number of hydrogen-bond donors (Lipinski definition) is 4. The summed E-state index contributed by atoms with van der Waals surface area (Å²) >= 11 is 2.08. The summed E-state index contributed by atoms with van der Waals surface area (Å²) in [6.45, 7) is 1.36. The van der Waals surface area contributed by atoms with Crippen molar-refractivity contribution in [3.63, 3.8) is 0 Å². The van der Waals surface area contributed by atoms with Gasteiger partial charge in [0.05, 0.1) is 27.2 Å². The van der Waals surface area contributed by atoms with Crippen molar-refractivity contribution in [1.29, 1.82) is 0 Å². The monoisotopic (exact) mass is 713 g/mol. The van der Waals surface area contributed by atoms with Gasteiger partial charge in [-0.25, -0.2) is 22.4 Å². The third kappa shape index (κ3) is 5.26. The topological polar surface area (TPSA) is 191 Å². The lowest BCUT2D eigenvalue weighted by atomic mass is 9.88. The molecule has 222 valence electrons. The van der Waals surface area contributed by atoms with Gasteiger partial charge in [-0.15, -0.1) is 0 Å². The minimum Gasteiger partial charge on any atom is -0.382 e. The van der Waals surface area contributed by atoms with Gasteiger partial charge in [-0.1, -0.05) is 59.0 Å². The zero-order valence-corrected chi connectivity index (χ0v) is 25.8. The molecule has 13 nitrogen and oxygen atoms in total. The van der Waals surface area contributed by atoms with Crippen molar-refractivity contribution >= 4 is 72.9 Å². The van der Waals surface area contributed by atoms with Crippen molar-refractivity contribution in [2.45, 2.75) is 27.7 Å². The average molecular weight is 714 g/mol. The van der Waals surface area contributed by atoms with Gasteiger partial charge in [-0.3, -0.25) is 9.59 Å². The van der Waals surface area contributed by atoms with Crippen molar-refractivity contribution in [2.75, 3.05) is 31.1 Å². The lowest BCUT2D eigenvalue weighted by Crippen LogP contribution is -2.53. The van der Waals surface area contributed by atoms with Crippen LogP contribution in [0.5, 0.6) is 0 Å². The number of alkyl halides is 1. The van der Waals surface area contributed by atoms with E-state index in [1.165, 1.54) is 22.3 Å². The van der Waals surface area contributed by atoms with Crippen molar-refractivity contribution in [3.05, 3.63) is 77.7 Å². The van der Waals surface area contributed by atoms with Crippen molar-refractivity contribution in [3.8, 4) is 0 Å². The number of fused-ring (bicyclic) bond motifs is 1. The van der Waals surface area contributed by atoms with Crippen LogP contribution >= 0.6 is 22.6 Å². The molecular weight excluding hydrogens is 685 g/mol. The van der Waals surface area contributed by atoms with Crippen molar-refractivity contribution in [1.82, 2.24) is 29.5 Å². The minimum atomic E-state index is -3.91. The number of carbonyl (C=O) groups excluding carboxylic acids is 2. The number of benzene rings is 2. The highest BCUT2D eigenvalue weighted by Gasteiger charge is 2.41. The van der Waals surface area contributed by atoms with Crippen LogP contribution in [0.25, 0.3) is 10.9 Å². The number of carbonyl (C=O) groups is 2. The largest absolute Gasteiger partial charge is 0.382 e. The van der Waals surface area contributed by atoms with Gasteiger partial charge < -0.3 is 27.0 Å². The number of nitrogens with two attached hydrogens (primary N) is 2. The number of amides is 2. The van der Waals surface area contributed by atoms with Crippen molar-refractivity contribution in [2.24, 2.45) is 4.99 Å². The molecule has 2 aromatic carbocycles. The summed E-state index contributed by atoms with van der Waals surface area (Å²) in [5.74, 6) is -0.494. The Morgan fingerprint density at radius 2 is 1.70 bits per heavy atom. The number of aliphatic imine (C=N–C) groups is 1. The van der Waals surface area contributed by atoms with Crippen LogP contribution < -0.4 is 22.1 Å². The summed E-state index contributed by atoms with van der Waals surface area (Å²) in [5.41, 5.74) is 12.4. The molecular formula is C28H28IN9O4S. The Morgan fingerprint density at radius 3 is 2.42 bits per heavy atom. The molecule has 15 heteroatoms. The number of para-hydroxylation sites is 1. The van der Waals surface area contributed by atoms with Gasteiger partial charge >= 0.3 is 5.91 Å². The van der Waals surface area contributed by atoms with Gasteiger partial charge in [-0.2, -0.15) is 4.99 Å². The fourth-order valence-electron chi connectivity index (χ4n) is 5.40. The van der Waals surface area contributed by atoms with E-state index in [0.29, 0.717) is 65.0 Å². The van der Waals surface area contributed by atoms with Crippen LogP contribution in [0.15, 0.2) is 70.7 Å². The number of halogens is 1. The highest BCUT2D eigenvalue weighted by molar-refractivity contribution is 14.1. The smallest absolute Gasteiger partial charge is 0.302 e. The molecule has 2 saturated heterocycles. The Bertz CT molecular complexity index is 1880. The molecule has 6 N–H and O–H groups in total. The maximum Gasteiger partial charge on any atom is 0.302 e. The molecule has 0 aliphatic carbocycles. The normalized spacial score (nSPS) is 17.2. The summed E-state index contributed by atoms with van der Waals surface area (Å²) in [6, 6.07) is 15.1. The molecule has 0 atom stereocenters. The average Bonchev–Trinajstić information content (AvgIpc) is 3.59. The number of likely N-dealkylation sites (tertiary alicyclic amines) is 1. The molecule has 43 heavy (non-hydrogen) atoms. The lowest BCUT2D eigenvalue weighted by molar-refractivity contribution is 0.0671. The summed E-state index contributed by atoms with van der Waals surface area (Å²) in [5, 5.41) is 7.03. The molecule has 6 rings (SSSR count). The number of rotatable bonds is 5. The van der Waals surface area contributed by atoms with E-state index >= 15 is 0 Å². The van der Waals surface area contributed by atoms with Gasteiger partial charge in [0.15, 0.2) is 17.5 Å². The van der Waals surface area contributed by atoms with Crippen LogP contribution in [0.1, 0.15) is 39.4 Å². The fraction of sp³-hybridized carbons (Fsp3) is 0.250. The first-order valence-corrected chi connectivity index (χ1v) is 16.4. The van der Waals surface area contributed by atoms with Gasteiger partial charge in [-0.05, 0) is 31.0 Å². The molecule has 2 aromatic heterocycles. The number of hydrogen-bond acceptors (Lipinski definition) is 8. The minimum absolute atomic E-state index is 0.0632.